The molecule has 0 unspecified atom stereocenters. The number of carboxylic acids is 1. The van der Waals surface area contributed by atoms with E-state index in [9.17, 15) is 27.6 Å². The zero-order valence-corrected chi connectivity index (χ0v) is 26.0. The van der Waals surface area contributed by atoms with Crippen molar-refractivity contribution < 1.29 is 32.7 Å². The number of hydrogen-bond acceptors (Lipinski definition) is 8. The number of sulfone groups is 1. The van der Waals surface area contributed by atoms with Gasteiger partial charge in [-0.05, 0) is 65.8 Å². The lowest BCUT2D eigenvalue weighted by Crippen LogP contribution is -2.56. The summed E-state index contributed by atoms with van der Waals surface area (Å²) in [5, 5.41) is 13.4. The Morgan fingerprint density at radius 2 is 1.43 bits per heavy atom. The van der Waals surface area contributed by atoms with Gasteiger partial charge in [-0.15, -0.1) is 12.4 Å². The Morgan fingerprint density at radius 3 is 1.93 bits per heavy atom. The highest BCUT2D eigenvalue weighted by Gasteiger charge is 2.38. The second kappa shape index (κ2) is 15.6. The Kier molecular flexibility index (Phi) is 12.2. The zero-order valence-electron chi connectivity index (χ0n) is 24.3. The summed E-state index contributed by atoms with van der Waals surface area (Å²) in [7, 11) is -3.11. The molecule has 3 aliphatic heterocycles. The fourth-order valence-corrected chi connectivity index (χ4v) is 6.49. The first kappa shape index (κ1) is 34.4. The van der Waals surface area contributed by atoms with E-state index in [0.29, 0.717) is 43.7 Å². The molecule has 0 spiro atoms. The first-order valence-electron chi connectivity index (χ1n) is 14.2. The van der Waals surface area contributed by atoms with E-state index in [1.54, 1.807) is 17.2 Å². The van der Waals surface area contributed by atoms with E-state index in [0.717, 1.165) is 41.2 Å². The number of unbranched alkanes of at least 4 members (excludes halogenated alkanes) is 2. The number of nitrogens with zero attached hydrogens (tertiary/aromatic N) is 3. The van der Waals surface area contributed by atoms with Crippen LogP contribution in [0.2, 0.25) is 0 Å². The lowest BCUT2D eigenvalue weighted by Gasteiger charge is -2.38. The number of aryl methyl sites for hydroxylation is 2. The number of aromatic nitrogens is 2. The quantitative estimate of drug-likeness (QED) is 0.273. The number of carbonyl (C=O) groups excluding carboxylic acids is 3. The molecule has 236 valence electrons. The van der Waals surface area contributed by atoms with Gasteiger partial charge in [0.05, 0.1) is 11.0 Å². The van der Waals surface area contributed by atoms with Crippen LogP contribution in [0.15, 0.2) is 36.7 Å². The lowest BCUT2D eigenvalue weighted by atomic mass is 10.0. The van der Waals surface area contributed by atoms with Crippen LogP contribution >= 0.6 is 12.4 Å². The van der Waals surface area contributed by atoms with Crippen molar-refractivity contribution in [2.45, 2.75) is 57.1 Å². The van der Waals surface area contributed by atoms with Gasteiger partial charge < -0.3 is 20.6 Å². The maximum atomic E-state index is 12.2. The number of amides is 3. The largest absolute Gasteiger partial charge is 0.478 e. The molecule has 5 heterocycles. The van der Waals surface area contributed by atoms with E-state index in [4.69, 9.17) is 5.11 Å². The number of anilines is 2. The van der Waals surface area contributed by atoms with Crippen LogP contribution in [0.5, 0.6) is 0 Å². The zero-order chi connectivity index (χ0) is 31.0. The number of pyridine rings is 2. The molecule has 0 radical (unpaired) electrons. The minimum atomic E-state index is -3.11. The molecule has 0 aromatic carbocycles. The first-order valence-corrected chi connectivity index (χ1v) is 15.9. The number of carboxylic acid groups (broad SMARTS) is 1. The molecule has 3 amide bonds. The van der Waals surface area contributed by atoms with E-state index < -0.39 is 21.1 Å². The predicted molar refractivity (Wildman–Crippen MR) is 169 cm³/mol. The van der Waals surface area contributed by atoms with Crippen LogP contribution in [-0.4, -0.2) is 76.2 Å². The van der Waals surface area contributed by atoms with Crippen LogP contribution in [0, 0.1) is 0 Å². The lowest BCUT2D eigenvalue weighted by molar-refractivity contribution is -0.131. The van der Waals surface area contributed by atoms with Crippen molar-refractivity contribution in [3.63, 3.8) is 0 Å². The highest BCUT2D eigenvalue weighted by atomic mass is 35.5. The average Bonchev–Trinajstić information content (AvgIpc) is 2.94. The fourth-order valence-electron chi connectivity index (χ4n) is 4.74. The third kappa shape index (κ3) is 9.45. The number of likely N-dealkylation sites (tertiary alicyclic amines) is 1. The summed E-state index contributed by atoms with van der Waals surface area (Å²) in [5.74, 6) is 0.101. The minimum Gasteiger partial charge on any atom is -0.478 e. The number of halogens is 1. The van der Waals surface area contributed by atoms with Crippen molar-refractivity contribution in [1.82, 2.24) is 14.9 Å². The summed E-state index contributed by atoms with van der Waals surface area (Å²) in [5.41, 5.74) is 3.39. The molecule has 0 saturated carbocycles. The highest BCUT2D eigenvalue weighted by molar-refractivity contribution is 7.92. The highest BCUT2D eigenvalue weighted by Crippen LogP contribution is 2.23. The second-order valence-electron chi connectivity index (χ2n) is 10.6. The van der Waals surface area contributed by atoms with Gasteiger partial charge in [0.15, 0.2) is 9.84 Å². The van der Waals surface area contributed by atoms with Gasteiger partial charge in [-0.2, -0.15) is 0 Å². The topological polar surface area (TPSA) is 176 Å². The summed E-state index contributed by atoms with van der Waals surface area (Å²) >= 11 is 0. The smallest absolute Gasteiger partial charge is 0.328 e. The summed E-state index contributed by atoms with van der Waals surface area (Å²) < 4.78 is 24.4. The van der Waals surface area contributed by atoms with Crippen molar-refractivity contribution in [3.8, 4) is 0 Å². The van der Waals surface area contributed by atoms with Gasteiger partial charge in [0.2, 0.25) is 17.7 Å². The molecular weight excluding hydrogens is 610 g/mol. The van der Waals surface area contributed by atoms with Gasteiger partial charge >= 0.3 is 5.97 Å². The molecule has 1 saturated heterocycles. The van der Waals surface area contributed by atoms with E-state index in [2.05, 4.69) is 20.6 Å². The van der Waals surface area contributed by atoms with Crippen LogP contribution in [0.25, 0.3) is 12.2 Å². The van der Waals surface area contributed by atoms with Gasteiger partial charge in [-0.3, -0.25) is 14.4 Å². The summed E-state index contributed by atoms with van der Waals surface area (Å²) in [4.78, 5) is 54.8. The van der Waals surface area contributed by atoms with Crippen molar-refractivity contribution in [2.75, 3.05) is 29.5 Å². The van der Waals surface area contributed by atoms with E-state index in [1.165, 1.54) is 18.3 Å². The van der Waals surface area contributed by atoms with Crippen LogP contribution in [0.3, 0.4) is 0 Å². The predicted octanol–water partition coefficient (Wildman–Crippen LogP) is 3.28. The van der Waals surface area contributed by atoms with E-state index in [1.807, 2.05) is 19.1 Å². The Hall–Kier alpha value is -4.10. The molecule has 3 N–H and O–H groups in total. The molecule has 2 aromatic heterocycles. The SMILES string of the molecule is CCCCCS(=O)(=O)C1CN(C(=O)/C=C/c2cnc3c(c2)CCC(=O)N3)C1.Cl.O=C(O)/C=C/c1cnc2c(c1)CCC(=O)N2. The number of nitrogens with one attached hydrogen (secondary N) is 2. The number of carbonyl (C=O) groups is 4. The second-order valence-corrected chi connectivity index (χ2v) is 13.0. The molecule has 2 aromatic rings. The fraction of sp³-hybridized carbons (Fsp3) is 0.400. The molecule has 14 heteroatoms. The molecule has 0 bridgehead atoms. The van der Waals surface area contributed by atoms with Crippen LogP contribution in [-0.2, 0) is 41.9 Å². The third-order valence-electron chi connectivity index (χ3n) is 7.27. The first-order chi connectivity index (χ1) is 20.5. The van der Waals surface area contributed by atoms with Crippen molar-refractivity contribution in [3.05, 3.63) is 58.9 Å². The summed E-state index contributed by atoms with van der Waals surface area (Å²) in [6.45, 7) is 2.58. The van der Waals surface area contributed by atoms with Gasteiger partial charge in [-0.1, -0.05) is 19.8 Å². The molecule has 3 aliphatic rings. The standard InChI is InChI=1S/C19H25N3O4S.C11H10N2O3.ClH/c1-2-3-4-9-27(25,26)16-12-22(13-16)18(24)8-5-14-10-15-6-7-17(23)21-19(15)20-11-14;14-9-3-2-8-5-7(1-4-10(15)16)6-12-11(8)13-9;/h5,8,10-11,16H,2-4,6-7,9,12-13H2,1H3,(H,20,21,23);1,4-6H,2-3H2,(H,15,16)(H,12,13,14);1H/b8-5+;4-1+;. The van der Waals surface area contributed by atoms with Gasteiger partial charge in [0.25, 0.3) is 0 Å². The van der Waals surface area contributed by atoms with Crippen molar-refractivity contribution >= 4 is 69.7 Å². The van der Waals surface area contributed by atoms with Crippen LogP contribution < -0.4 is 10.6 Å². The number of fused-ring (bicyclic) bond motifs is 2. The Labute approximate surface area is 262 Å². The van der Waals surface area contributed by atoms with Gasteiger partial charge in [0.1, 0.15) is 11.6 Å². The molecule has 1 fully saturated rings. The molecule has 44 heavy (non-hydrogen) atoms. The van der Waals surface area contributed by atoms with E-state index >= 15 is 0 Å². The number of aliphatic carboxylic acids is 1. The maximum Gasteiger partial charge on any atom is 0.328 e. The van der Waals surface area contributed by atoms with Crippen molar-refractivity contribution in [1.29, 1.82) is 0 Å². The third-order valence-corrected chi connectivity index (χ3v) is 9.44. The molecule has 0 aliphatic carbocycles. The van der Waals surface area contributed by atoms with E-state index in [-0.39, 0.29) is 49.0 Å². The summed E-state index contributed by atoms with van der Waals surface area (Å²) in [6.07, 6.45) is 13.5. The normalized spacial score (nSPS) is 16.1. The monoisotopic (exact) mass is 645 g/mol. The maximum absolute atomic E-state index is 12.2. The Bertz CT molecular complexity index is 1570. The number of hydrogen-bond donors (Lipinski definition) is 3. The van der Waals surface area contributed by atoms with Gasteiger partial charge in [-0.25, -0.2) is 23.2 Å². The van der Waals surface area contributed by atoms with Crippen LogP contribution in [0.1, 0.15) is 61.3 Å². The molecule has 0 atom stereocenters. The molecule has 12 nitrogen and oxygen atoms in total. The minimum absolute atomic E-state index is 0. The van der Waals surface area contributed by atoms with Gasteiger partial charge in [0, 0.05) is 50.5 Å². The average molecular weight is 646 g/mol. The Balaban J connectivity index is 0.000000266. The molecular formula is C30H36ClN5O7S. The van der Waals surface area contributed by atoms with Crippen molar-refractivity contribution in [2.24, 2.45) is 0 Å². The molecule has 5 rings (SSSR count). The Morgan fingerprint density at radius 1 is 0.909 bits per heavy atom. The number of rotatable bonds is 9. The van der Waals surface area contributed by atoms with Crippen LogP contribution in [0.4, 0.5) is 11.6 Å². The summed E-state index contributed by atoms with van der Waals surface area (Å²) in [6, 6.07) is 3.74.